The van der Waals surface area contributed by atoms with E-state index in [1.165, 1.54) is 16.7 Å². The van der Waals surface area contributed by atoms with Gasteiger partial charge in [-0.2, -0.15) is 0 Å². The highest BCUT2D eigenvalue weighted by Gasteiger charge is 2.32. The number of amides is 2. The third-order valence-corrected chi connectivity index (χ3v) is 5.14. The van der Waals surface area contributed by atoms with Gasteiger partial charge in [0.15, 0.2) is 0 Å². The Kier molecular flexibility index (Phi) is 4.55. The van der Waals surface area contributed by atoms with Crippen LogP contribution in [0.5, 0.6) is 0 Å². The van der Waals surface area contributed by atoms with E-state index in [0.29, 0.717) is 17.9 Å². The van der Waals surface area contributed by atoms with Gasteiger partial charge in [-0.15, -0.1) is 0 Å². The van der Waals surface area contributed by atoms with E-state index in [-0.39, 0.29) is 12.1 Å². The maximum atomic E-state index is 13.1. The molecule has 0 unspecified atom stereocenters. The molecular weight excluding hydrogens is 334 g/mol. The second-order valence-corrected chi connectivity index (χ2v) is 6.97. The lowest BCUT2D eigenvalue weighted by atomic mass is 9.88. The van der Waals surface area contributed by atoms with Crippen LogP contribution in [0.4, 0.5) is 16.2 Å². The molecule has 0 aromatic heterocycles. The van der Waals surface area contributed by atoms with Crippen LogP contribution >= 0.6 is 0 Å². The van der Waals surface area contributed by atoms with E-state index in [0.717, 1.165) is 12.0 Å². The zero-order valence-electron chi connectivity index (χ0n) is 15.4. The van der Waals surface area contributed by atoms with Gasteiger partial charge in [-0.1, -0.05) is 66.2 Å². The highest BCUT2D eigenvalue weighted by molar-refractivity contribution is 5.93. The maximum absolute atomic E-state index is 13.1. The third-order valence-electron chi connectivity index (χ3n) is 5.14. The number of nitrogens with two attached hydrogens (primary N) is 1. The molecular formula is C23H23N3O. The number of anilines is 2. The minimum Gasteiger partial charge on any atom is -0.397 e. The van der Waals surface area contributed by atoms with Crippen molar-refractivity contribution in [3.05, 3.63) is 95.1 Å². The molecule has 0 bridgehead atoms. The second kappa shape index (κ2) is 7.16. The number of carbonyl (C=O) groups is 1. The van der Waals surface area contributed by atoms with Gasteiger partial charge in [-0.3, -0.25) is 0 Å². The number of urea groups is 1. The zero-order valence-corrected chi connectivity index (χ0v) is 15.4. The molecule has 3 aromatic rings. The summed E-state index contributed by atoms with van der Waals surface area (Å²) in [7, 11) is 0. The number of carbonyl (C=O) groups excluding carboxylic acids is 1. The first-order chi connectivity index (χ1) is 13.1. The Morgan fingerprint density at radius 3 is 2.48 bits per heavy atom. The predicted octanol–water partition coefficient (Wildman–Crippen LogP) is 4.76. The standard InChI is InChI=1S/C23H23N3O/c1-16-10-12-18(13-11-16)22-19-7-3-2-6-17(19)14-15-26(22)23(27)25-21-9-5-4-8-20(21)24/h2-13,22H,14-15,24H2,1H3,(H,25,27)/t22-/m1/s1. The third kappa shape index (κ3) is 3.38. The maximum Gasteiger partial charge on any atom is 0.322 e. The van der Waals surface area contributed by atoms with E-state index >= 15 is 0 Å². The van der Waals surface area contributed by atoms with Gasteiger partial charge in [0.2, 0.25) is 0 Å². The van der Waals surface area contributed by atoms with Gasteiger partial charge in [0.1, 0.15) is 0 Å². The molecule has 3 aromatic carbocycles. The molecule has 0 saturated heterocycles. The molecule has 0 saturated carbocycles. The van der Waals surface area contributed by atoms with Crippen molar-refractivity contribution in [3.63, 3.8) is 0 Å². The fraction of sp³-hybridized carbons (Fsp3) is 0.174. The molecule has 4 heteroatoms. The lowest BCUT2D eigenvalue weighted by molar-refractivity contribution is 0.194. The van der Waals surface area contributed by atoms with Crippen LogP contribution in [0.3, 0.4) is 0 Å². The summed E-state index contributed by atoms with van der Waals surface area (Å²) in [5, 5.41) is 2.98. The van der Waals surface area contributed by atoms with E-state index in [2.05, 4.69) is 54.7 Å². The summed E-state index contributed by atoms with van der Waals surface area (Å²) in [6, 6.07) is 23.9. The number of para-hydroxylation sites is 2. The Balaban J connectivity index is 1.71. The molecule has 0 fully saturated rings. The first-order valence-electron chi connectivity index (χ1n) is 9.20. The van der Waals surface area contributed by atoms with E-state index in [4.69, 9.17) is 5.73 Å². The molecule has 4 rings (SSSR count). The Hall–Kier alpha value is -3.27. The molecule has 1 atom stereocenters. The van der Waals surface area contributed by atoms with Crippen LogP contribution in [0.25, 0.3) is 0 Å². The van der Waals surface area contributed by atoms with E-state index in [1.54, 1.807) is 6.07 Å². The van der Waals surface area contributed by atoms with Crippen molar-refractivity contribution in [1.82, 2.24) is 4.90 Å². The number of nitrogens with zero attached hydrogens (tertiary/aromatic N) is 1. The Bertz CT molecular complexity index is 965. The van der Waals surface area contributed by atoms with Crippen molar-refractivity contribution >= 4 is 17.4 Å². The van der Waals surface area contributed by atoms with Crippen LogP contribution in [-0.4, -0.2) is 17.5 Å². The molecule has 2 amide bonds. The topological polar surface area (TPSA) is 58.4 Å². The van der Waals surface area contributed by atoms with Crippen LogP contribution in [0.15, 0.2) is 72.8 Å². The summed E-state index contributed by atoms with van der Waals surface area (Å²) in [6.45, 7) is 2.73. The summed E-state index contributed by atoms with van der Waals surface area (Å²) in [4.78, 5) is 15.0. The fourth-order valence-electron chi connectivity index (χ4n) is 3.69. The largest absolute Gasteiger partial charge is 0.397 e. The van der Waals surface area contributed by atoms with E-state index in [1.807, 2.05) is 29.2 Å². The fourth-order valence-corrected chi connectivity index (χ4v) is 3.69. The van der Waals surface area contributed by atoms with Gasteiger partial charge in [0.25, 0.3) is 0 Å². The van der Waals surface area contributed by atoms with Gasteiger partial charge in [0, 0.05) is 6.54 Å². The van der Waals surface area contributed by atoms with Crippen LogP contribution in [0.1, 0.15) is 28.3 Å². The number of benzene rings is 3. The molecule has 1 heterocycles. The minimum absolute atomic E-state index is 0.111. The molecule has 1 aliphatic rings. The summed E-state index contributed by atoms with van der Waals surface area (Å²) >= 11 is 0. The van der Waals surface area contributed by atoms with Crippen molar-refractivity contribution in [1.29, 1.82) is 0 Å². The first-order valence-corrected chi connectivity index (χ1v) is 9.20. The summed E-state index contributed by atoms with van der Waals surface area (Å²) in [6.07, 6.45) is 0.843. The van der Waals surface area contributed by atoms with Gasteiger partial charge in [-0.05, 0) is 42.2 Å². The highest BCUT2D eigenvalue weighted by atomic mass is 16.2. The monoisotopic (exact) mass is 357 g/mol. The SMILES string of the molecule is Cc1ccc([C@@H]2c3ccccc3CCN2C(=O)Nc2ccccc2N)cc1. The van der Waals surface area contributed by atoms with Crippen molar-refractivity contribution in [2.45, 2.75) is 19.4 Å². The lowest BCUT2D eigenvalue weighted by Gasteiger charge is -2.37. The van der Waals surface area contributed by atoms with Crippen LogP contribution in [0.2, 0.25) is 0 Å². The summed E-state index contributed by atoms with van der Waals surface area (Å²) in [5.41, 5.74) is 12.0. The first kappa shape index (κ1) is 17.2. The molecule has 3 N–H and O–H groups in total. The number of rotatable bonds is 2. The molecule has 0 radical (unpaired) electrons. The van der Waals surface area contributed by atoms with Crippen molar-refractivity contribution in [2.24, 2.45) is 0 Å². The van der Waals surface area contributed by atoms with Crippen molar-refractivity contribution < 1.29 is 4.79 Å². The summed E-state index contributed by atoms with van der Waals surface area (Å²) in [5.74, 6) is 0. The van der Waals surface area contributed by atoms with Gasteiger partial charge >= 0.3 is 6.03 Å². The average molecular weight is 357 g/mol. The Morgan fingerprint density at radius 1 is 1.00 bits per heavy atom. The van der Waals surface area contributed by atoms with Gasteiger partial charge < -0.3 is 16.0 Å². The smallest absolute Gasteiger partial charge is 0.322 e. The molecule has 0 spiro atoms. The molecule has 136 valence electrons. The lowest BCUT2D eigenvalue weighted by Crippen LogP contribution is -2.43. The van der Waals surface area contributed by atoms with Gasteiger partial charge in [-0.25, -0.2) is 4.79 Å². The number of nitrogens with one attached hydrogen (secondary N) is 1. The van der Waals surface area contributed by atoms with E-state index in [9.17, 15) is 4.79 Å². The number of aryl methyl sites for hydroxylation is 1. The highest BCUT2D eigenvalue weighted by Crippen LogP contribution is 2.35. The van der Waals surface area contributed by atoms with E-state index < -0.39 is 0 Å². The Morgan fingerprint density at radius 2 is 1.70 bits per heavy atom. The van der Waals surface area contributed by atoms with Gasteiger partial charge in [0.05, 0.1) is 17.4 Å². The van der Waals surface area contributed by atoms with Crippen LogP contribution in [0, 0.1) is 6.92 Å². The molecule has 4 nitrogen and oxygen atoms in total. The predicted molar refractivity (Wildman–Crippen MR) is 110 cm³/mol. The average Bonchev–Trinajstić information content (AvgIpc) is 2.69. The molecule has 27 heavy (non-hydrogen) atoms. The number of nitrogen functional groups attached to an aromatic ring is 1. The zero-order chi connectivity index (χ0) is 18.8. The van der Waals surface area contributed by atoms with Crippen LogP contribution < -0.4 is 11.1 Å². The Labute approximate surface area is 159 Å². The molecule has 1 aliphatic heterocycles. The normalized spacial score (nSPS) is 15.9. The number of fused-ring (bicyclic) bond motifs is 1. The van der Waals surface area contributed by atoms with Crippen molar-refractivity contribution in [2.75, 3.05) is 17.6 Å². The number of hydrogen-bond acceptors (Lipinski definition) is 2. The van der Waals surface area contributed by atoms with Crippen LogP contribution in [-0.2, 0) is 6.42 Å². The number of hydrogen-bond donors (Lipinski definition) is 2. The molecule has 0 aliphatic carbocycles. The van der Waals surface area contributed by atoms with Crippen molar-refractivity contribution in [3.8, 4) is 0 Å². The summed E-state index contributed by atoms with van der Waals surface area (Å²) < 4.78 is 0. The quantitative estimate of drug-likeness (QED) is 0.650. The second-order valence-electron chi connectivity index (χ2n) is 6.97. The minimum atomic E-state index is -0.132.